The first kappa shape index (κ1) is 7.43. The third-order valence-electron chi connectivity index (χ3n) is 2.50. The predicted octanol–water partition coefficient (Wildman–Crippen LogP) is -5.40. The summed E-state index contributed by atoms with van der Waals surface area (Å²) in [5.41, 5.74) is 0. The van der Waals surface area contributed by atoms with E-state index in [9.17, 15) is 40.9 Å². The molecule has 0 radical (unpaired) electrons. The summed E-state index contributed by atoms with van der Waals surface area (Å²) in [5.74, 6) is 0. The summed E-state index contributed by atoms with van der Waals surface area (Å²) in [7, 11) is 0. The van der Waals surface area contributed by atoms with E-state index in [1.165, 1.54) is 0 Å². The summed E-state index contributed by atoms with van der Waals surface area (Å²) >= 11 is 0. The van der Waals surface area contributed by atoms with Crippen molar-refractivity contribution in [3.8, 4) is 0 Å². The average Bonchev–Trinajstić information content (AvgIpc) is 2.62. The first-order chi connectivity index (χ1) is 15.6. The van der Waals surface area contributed by atoms with Gasteiger partial charge in [0.25, 0.3) is 0 Å². The lowest BCUT2D eigenvalue weighted by Gasteiger charge is -2.45. The Morgan fingerprint density at radius 3 is 1.96 bits per heavy atom. The van der Waals surface area contributed by atoms with Crippen LogP contribution in [0.3, 0.4) is 0 Å². The van der Waals surface area contributed by atoms with Gasteiger partial charge in [-0.15, -0.1) is 0 Å². The Balaban J connectivity index is 2.97. The van der Waals surface area contributed by atoms with E-state index in [4.69, 9.17) is 19.2 Å². The molecule has 2 aliphatic heterocycles. The molecule has 0 amide bonds. The number of hydrogen-bond acceptors (Lipinski definition) is 11. The largest absolute Gasteiger partial charge is 0.394 e. The van der Waals surface area contributed by atoms with Gasteiger partial charge in [0.05, 0.1) is 32.3 Å². The van der Waals surface area contributed by atoms with E-state index in [1.807, 2.05) is 0 Å². The maximum atomic E-state index is 10.5. The number of aliphatic hydroxyl groups is 8. The molecule has 0 aliphatic carbocycles. The van der Waals surface area contributed by atoms with Crippen LogP contribution in [0.15, 0.2) is 0 Å². The maximum absolute atomic E-state index is 10.5. The SMILES string of the molecule is [2H]C1(O)O[C@]([2H])(C([2H])([2H])O)[C@@]([2H])(O[C@]2([2H])O[C@]([2H])(C([2H])([2H])O)[C@]([2H])(O)[C@]([2H])(O)[C@@]2([2H])O)[C@]([2H])(O)[C@@]1([2H])O. The smallest absolute Gasteiger partial charge is 0.187 e. The van der Waals surface area contributed by atoms with E-state index in [0.717, 1.165) is 0 Å². The molecule has 2 aliphatic rings. The third kappa shape index (κ3) is 3.65. The van der Waals surface area contributed by atoms with Crippen LogP contribution in [0.5, 0.6) is 0 Å². The van der Waals surface area contributed by atoms with Crippen LogP contribution in [-0.2, 0) is 14.2 Å². The number of rotatable bonds is 4. The highest BCUT2D eigenvalue weighted by Gasteiger charge is 2.50. The lowest BCUT2D eigenvalue weighted by atomic mass is 9.97. The molecule has 11 heteroatoms. The van der Waals surface area contributed by atoms with Gasteiger partial charge in [0.2, 0.25) is 0 Å². The second-order valence-electron chi connectivity index (χ2n) is 3.85. The van der Waals surface area contributed by atoms with Crippen molar-refractivity contribution in [1.82, 2.24) is 0 Å². The van der Waals surface area contributed by atoms with Crippen LogP contribution in [0.4, 0.5) is 0 Å². The van der Waals surface area contributed by atoms with Crippen LogP contribution >= 0.6 is 0 Å². The normalized spacial score (nSPS) is 93.7. The van der Waals surface area contributed by atoms with Gasteiger partial charge in [-0.1, -0.05) is 0 Å². The second-order valence-corrected chi connectivity index (χ2v) is 3.85. The van der Waals surface area contributed by atoms with Crippen LogP contribution in [-0.4, -0.2) is 115 Å². The zero-order chi connectivity index (χ0) is 30.1. The zero-order valence-electron chi connectivity index (χ0n) is 24.8. The van der Waals surface area contributed by atoms with Gasteiger partial charge in [0, 0.05) is 0 Å². The van der Waals surface area contributed by atoms with E-state index in [1.54, 1.807) is 0 Å². The first-order valence-corrected chi connectivity index (χ1v) is 5.51. The molecule has 11 nitrogen and oxygen atoms in total. The highest BCUT2D eigenvalue weighted by atomic mass is 16.7. The van der Waals surface area contributed by atoms with Gasteiger partial charge in [-0.2, -0.15) is 0 Å². The Morgan fingerprint density at radius 1 is 0.783 bits per heavy atom. The average molecular weight is 356 g/mol. The Morgan fingerprint density at radius 2 is 1.39 bits per heavy atom. The number of hydrogen-bond donors (Lipinski definition) is 8. The van der Waals surface area contributed by atoms with Gasteiger partial charge in [-0.3, -0.25) is 0 Å². The highest BCUT2D eigenvalue weighted by Crippen LogP contribution is 2.28. The molecule has 2 rings (SSSR count). The maximum Gasteiger partial charge on any atom is 0.187 e. The van der Waals surface area contributed by atoms with Crippen molar-refractivity contribution in [1.29, 1.82) is 0 Å². The van der Waals surface area contributed by atoms with Gasteiger partial charge in [0.1, 0.15) is 48.6 Å². The number of ether oxygens (including phenoxy) is 3. The van der Waals surface area contributed by atoms with Gasteiger partial charge < -0.3 is 55.1 Å². The Bertz CT molecular complexity index is 950. The molecule has 0 bridgehead atoms. The summed E-state index contributed by atoms with van der Waals surface area (Å²) in [6, 6.07) is 0. The lowest BCUT2D eigenvalue weighted by Crippen LogP contribution is -2.64. The summed E-state index contributed by atoms with van der Waals surface area (Å²) < 4.78 is 119. The van der Waals surface area contributed by atoms with Crippen molar-refractivity contribution in [3.63, 3.8) is 0 Å². The molecule has 2 heterocycles. The van der Waals surface area contributed by atoms with Crippen molar-refractivity contribution in [3.05, 3.63) is 0 Å². The molecule has 0 aromatic rings. The fourth-order valence-corrected chi connectivity index (χ4v) is 1.42. The minimum atomic E-state index is -4.98. The summed E-state index contributed by atoms with van der Waals surface area (Å²) in [4.78, 5) is 0. The molecule has 10 atom stereocenters. The molecule has 0 saturated carbocycles. The fourth-order valence-electron chi connectivity index (χ4n) is 1.42. The van der Waals surface area contributed by atoms with Gasteiger partial charge >= 0.3 is 0 Å². The first-order valence-electron chi connectivity index (χ1n) is 12.5. The molecule has 0 aromatic carbocycles. The van der Waals surface area contributed by atoms with Crippen molar-refractivity contribution in [2.24, 2.45) is 0 Å². The Labute approximate surface area is 150 Å². The van der Waals surface area contributed by atoms with E-state index in [-0.39, 0.29) is 0 Å². The highest BCUT2D eigenvalue weighted by molar-refractivity contribution is 4.93. The van der Waals surface area contributed by atoms with E-state index in [0.29, 0.717) is 0 Å². The van der Waals surface area contributed by atoms with Crippen molar-refractivity contribution < 1.29 is 74.3 Å². The summed E-state index contributed by atoms with van der Waals surface area (Å²) in [6.07, 6.45) is -47.7. The van der Waals surface area contributed by atoms with Crippen molar-refractivity contribution >= 4 is 0 Å². The molecule has 1 unspecified atom stereocenters. The molecule has 8 N–H and O–H groups in total. The van der Waals surface area contributed by atoms with Crippen LogP contribution in [0.25, 0.3) is 0 Å². The summed E-state index contributed by atoms with van der Waals surface area (Å²) in [5, 5.41) is 80.8. The van der Waals surface area contributed by atoms with E-state index >= 15 is 0 Å². The van der Waals surface area contributed by atoms with Crippen molar-refractivity contribution in [2.75, 3.05) is 13.1 Å². The van der Waals surface area contributed by atoms with Crippen LogP contribution in [0, 0.1) is 0 Å². The second kappa shape index (κ2) is 7.63. The molecule has 2 fully saturated rings. The molecule has 136 valence electrons. The molecule has 0 aromatic heterocycles. The molecular formula is C12H22O11. The van der Waals surface area contributed by atoms with Crippen molar-refractivity contribution in [2.45, 2.75) is 61.2 Å². The molecule has 23 heavy (non-hydrogen) atoms. The lowest BCUT2D eigenvalue weighted by molar-refractivity contribution is -0.355. The molecule has 0 spiro atoms. The molecule has 2 saturated heterocycles. The van der Waals surface area contributed by atoms with Gasteiger partial charge in [0.15, 0.2) is 12.5 Å². The minimum Gasteiger partial charge on any atom is -0.394 e. The van der Waals surface area contributed by atoms with E-state index in [2.05, 4.69) is 14.2 Å². The monoisotopic (exact) mass is 356 g/mol. The Hall–Kier alpha value is -0.440. The van der Waals surface area contributed by atoms with Gasteiger partial charge in [-0.25, -0.2) is 0 Å². The van der Waals surface area contributed by atoms with Crippen LogP contribution in [0.2, 0.25) is 0 Å². The van der Waals surface area contributed by atoms with Crippen LogP contribution < -0.4 is 0 Å². The predicted molar refractivity (Wildman–Crippen MR) is 68.6 cm³/mol. The quantitative estimate of drug-likeness (QED) is 0.240. The zero-order valence-corrected chi connectivity index (χ0v) is 10.8. The Kier molecular flexibility index (Phi) is 2.47. The third-order valence-corrected chi connectivity index (χ3v) is 2.50. The summed E-state index contributed by atoms with van der Waals surface area (Å²) in [6.45, 7) is -9.03. The molecular weight excluding hydrogens is 320 g/mol. The van der Waals surface area contributed by atoms with E-state index < -0.39 is 74.3 Å². The topological polar surface area (TPSA) is 190 Å². The minimum absolute atomic E-state index is 4.05. The fraction of sp³-hybridized carbons (Fsp3) is 1.00. The van der Waals surface area contributed by atoms with Crippen LogP contribution in [0.1, 0.15) is 19.2 Å². The van der Waals surface area contributed by atoms with Gasteiger partial charge in [-0.05, 0) is 0 Å². The standard InChI is InChI=1S/C12H22O11/c13-1-3-5(15)6(16)9(19)12(22-3)23-10-4(2-14)21-11(20)8(18)7(10)17/h3-20H,1-2H2/t3-,4-,5+,6+,7-,8-,9-,10-,11?,12+/m1/s1/i1D2,2D2,3D,4D,5D,6D,7D,8D,9D,10D,11D,12D.